The van der Waals surface area contributed by atoms with Crippen LogP contribution in [0.3, 0.4) is 0 Å². The minimum absolute atomic E-state index is 0.533. The number of rotatable bonds is 7. The van der Waals surface area contributed by atoms with Gasteiger partial charge < -0.3 is 5.32 Å². The van der Waals surface area contributed by atoms with Gasteiger partial charge in [0.2, 0.25) is 0 Å². The van der Waals surface area contributed by atoms with Gasteiger partial charge in [-0.3, -0.25) is 4.90 Å². The molecule has 0 aliphatic carbocycles. The topological polar surface area (TPSA) is 15.3 Å². The zero-order valence-corrected chi connectivity index (χ0v) is 13.5. The smallest absolute Gasteiger partial charge is 0.0637 e. The standard InChI is InChI=1S/C16H21ClN2S/c1-13(2)19(12-14-6-5-11-20-14)10-9-18-16-8-4-3-7-15(16)17/h3-8,11,13,18H,9-10,12H2,1-2H3. The monoisotopic (exact) mass is 308 g/mol. The van der Waals surface area contributed by atoms with Crippen molar-refractivity contribution < 1.29 is 0 Å². The maximum atomic E-state index is 6.14. The Kier molecular flexibility index (Phi) is 5.89. The summed E-state index contributed by atoms with van der Waals surface area (Å²) in [6.07, 6.45) is 0. The highest BCUT2D eigenvalue weighted by atomic mass is 35.5. The summed E-state index contributed by atoms with van der Waals surface area (Å²) in [5, 5.41) is 6.32. The van der Waals surface area contributed by atoms with Gasteiger partial charge in [0.15, 0.2) is 0 Å². The molecule has 4 heteroatoms. The summed E-state index contributed by atoms with van der Waals surface area (Å²) in [6.45, 7) is 7.39. The van der Waals surface area contributed by atoms with Gasteiger partial charge in [-0.2, -0.15) is 0 Å². The number of para-hydroxylation sites is 1. The fraction of sp³-hybridized carbons (Fsp3) is 0.375. The van der Waals surface area contributed by atoms with Crippen molar-refractivity contribution in [2.45, 2.75) is 26.4 Å². The van der Waals surface area contributed by atoms with Gasteiger partial charge in [-0.15, -0.1) is 11.3 Å². The van der Waals surface area contributed by atoms with Crippen LogP contribution in [0, 0.1) is 0 Å². The maximum Gasteiger partial charge on any atom is 0.0637 e. The molecular formula is C16H21ClN2S. The molecule has 0 fully saturated rings. The summed E-state index contributed by atoms with van der Waals surface area (Å²) in [4.78, 5) is 3.88. The minimum Gasteiger partial charge on any atom is -0.383 e. The lowest BCUT2D eigenvalue weighted by molar-refractivity contribution is 0.223. The van der Waals surface area contributed by atoms with Crippen LogP contribution < -0.4 is 5.32 Å². The zero-order valence-electron chi connectivity index (χ0n) is 12.0. The van der Waals surface area contributed by atoms with Crippen molar-refractivity contribution in [3.8, 4) is 0 Å². The first-order valence-corrected chi connectivity index (χ1v) is 8.17. The van der Waals surface area contributed by atoms with E-state index >= 15 is 0 Å². The molecule has 0 bridgehead atoms. The van der Waals surface area contributed by atoms with Crippen molar-refractivity contribution >= 4 is 28.6 Å². The fourth-order valence-corrected chi connectivity index (χ4v) is 2.99. The van der Waals surface area contributed by atoms with E-state index in [1.165, 1.54) is 4.88 Å². The van der Waals surface area contributed by atoms with Crippen molar-refractivity contribution in [2.24, 2.45) is 0 Å². The second-order valence-corrected chi connectivity index (χ2v) is 6.49. The molecule has 0 saturated carbocycles. The fourth-order valence-electron chi connectivity index (χ4n) is 2.06. The molecule has 0 atom stereocenters. The highest BCUT2D eigenvalue weighted by molar-refractivity contribution is 7.09. The van der Waals surface area contributed by atoms with Gasteiger partial charge in [-0.1, -0.05) is 29.8 Å². The van der Waals surface area contributed by atoms with Gasteiger partial charge in [0, 0.05) is 30.6 Å². The number of thiophene rings is 1. The van der Waals surface area contributed by atoms with Crippen molar-refractivity contribution in [3.05, 3.63) is 51.7 Å². The van der Waals surface area contributed by atoms with Gasteiger partial charge in [0.05, 0.1) is 10.7 Å². The van der Waals surface area contributed by atoms with E-state index in [1.54, 1.807) is 0 Å². The lowest BCUT2D eigenvalue weighted by Crippen LogP contribution is -2.34. The molecule has 0 unspecified atom stereocenters. The molecule has 0 saturated heterocycles. The predicted molar refractivity (Wildman–Crippen MR) is 89.8 cm³/mol. The molecule has 0 spiro atoms. The van der Waals surface area contributed by atoms with Crippen LogP contribution in [0.1, 0.15) is 18.7 Å². The Labute approximate surface area is 130 Å². The van der Waals surface area contributed by atoms with E-state index in [2.05, 4.69) is 41.6 Å². The van der Waals surface area contributed by atoms with E-state index < -0.39 is 0 Å². The number of hydrogen-bond acceptors (Lipinski definition) is 3. The first-order valence-electron chi connectivity index (χ1n) is 6.91. The Hall–Kier alpha value is -1.03. The molecule has 0 aliphatic heterocycles. The SMILES string of the molecule is CC(C)N(CCNc1ccccc1Cl)Cc1cccs1. The summed E-state index contributed by atoms with van der Waals surface area (Å²) in [7, 11) is 0. The normalized spacial score (nSPS) is 11.2. The van der Waals surface area contributed by atoms with Crippen LogP contribution >= 0.6 is 22.9 Å². The average Bonchev–Trinajstić information content (AvgIpc) is 2.92. The molecule has 0 aliphatic rings. The third-order valence-electron chi connectivity index (χ3n) is 3.26. The highest BCUT2D eigenvalue weighted by Crippen LogP contribution is 2.20. The first-order chi connectivity index (χ1) is 9.66. The second kappa shape index (κ2) is 7.67. The van der Waals surface area contributed by atoms with Gasteiger partial charge in [0.25, 0.3) is 0 Å². The van der Waals surface area contributed by atoms with Gasteiger partial charge >= 0.3 is 0 Å². The van der Waals surface area contributed by atoms with Gasteiger partial charge in [-0.05, 0) is 37.4 Å². The molecule has 2 rings (SSSR count). The zero-order chi connectivity index (χ0) is 14.4. The summed E-state index contributed by atoms with van der Waals surface area (Å²) in [5.41, 5.74) is 1.01. The van der Waals surface area contributed by atoms with Crippen LogP contribution in [0.4, 0.5) is 5.69 Å². The van der Waals surface area contributed by atoms with Crippen LogP contribution in [0.2, 0.25) is 5.02 Å². The molecule has 1 aromatic carbocycles. The quantitative estimate of drug-likeness (QED) is 0.796. The highest BCUT2D eigenvalue weighted by Gasteiger charge is 2.10. The average molecular weight is 309 g/mol. The summed E-state index contributed by atoms with van der Waals surface area (Å²) < 4.78 is 0. The Bertz CT molecular complexity index is 511. The lowest BCUT2D eigenvalue weighted by Gasteiger charge is -2.26. The van der Waals surface area contributed by atoms with Crippen LogP contribution in [0.5, 0.6) is 0 Å². The van der Waals surface area contributed by atoms with E-state index in [0.717, 1.165) is 30.3 Å². The maximum absolute atomic E-state index is 6.14. The second-order valence-electron chi connectivity index (χ2n) is 5.05. The lowest BCUT2D eigenvalue weighted by atomic mass is 10.3. The summed E-state index contributed by atoms with van der Waals surface area (Å²) in [5.74, 6) is 0. The number of nitrogens with zero attached hydrogens (tertiary/aromatic N) is 1. The van der Waals surface area contributed by atoms with Crippen LogP contribution in [0.15, 0.2) is 41.8 Å². The van der Waals surface area contributed by atoms with E-state index in [4.69, 9.17) is 11.6 Å². The number of benzene rings is 1. The van der Waals surface area contributed by atoms with E-state index in [0.29, 0.717) is 6.04 Å². The number of hydrogen-bond donors (Lipinski definition) is 1. The Balaban J connectivity index is 1.85. The van der Waals surface area contributed by atoms with Crippen LogP contribution in [0.25, 0.3) is 0 Å². The van der Waals surface area contributed by atoms with Gasteiger partial charge in [0.1, 0.15) is 0 Å². The van der Waals surface area contributed by atoms with E-state index in [1.807, 2.05) is 35.6 Å². The van der Waals surface area contributed by atoms with Crippen LogP contribution in [-0.4, -0.2) is 24.0 Å². The molecule has 108 valence electrons. The van der Waals surface area contributed by atoms with Crippen LogP contribution in [-0.2, 0) is 6.54 Å². The Morgan fingerprint density at radius 1 is 1.20 bits per heavy atom. The van der Waals surface area contributed by atoms with E-state index in [9.17, 15) is 0 Å². The molecule has 2 nitrogen and oxygen atoms in total. The number of nitrogens with one attached hydrogen (secondary N) is 1. The minimum atomic E-state index is 0.533. The molecule has 0 amide bonds. The molecule has 20 heavy (non-hydrogen) atoms. The molecule has 1 N–H and O–H groups in total. The van der Waals surface area contributed by atoms with Crippen molar-refractivity contribution in [1.29, 1.82) is 0 Å². The van der Waals surface area contributed by atoms with Crippen molar-refractivity contribution in [3.63, 3.8) is 0 Å². The van der Waals surface area contributed by atoms with Crippen molar-refractivity contribution in [1.82, 2.24) is 4.90 Å². The summed E-state index contributed by atoms with van der Waals surface area (Å²) in [6, 6.07) is 12.7. The third-order valence-corrected chi connectivity index (χ3v) is 4.45. The molecule has 1 heterocycles. The Morgan fingerprint density at radius 2 is 2.00 bits per heavy atom. The molecule has 2 aromatic rings. The predicted octanol–water partition coefficient (Wildman–Crippen LogP) is 4.72. The Morgan fingerprint density at radius 3 is 2.65 bits per heavy atom. The molecule has 1 aromatic heterocycles. The van der Waals surface area contributed by atoms with Crippen molar-refractivity contribution in [2.75, 3.05) is 18.4 Å². The van der Waals surface area contributed by atoms with E-state index in [-0.39, 0.29) is 0 Å². The number of halogens is 1. The molecule has 0 radical (unpaired) electrons. The molecular weight excluding hydrogens is 288 g/mol. The first kappa shape index (κ1) is 15.4. The largest absolute Gasteiger partial charge is 0.383 e. The number of anilines is 1. The van der Waals surface area contributed by atoms with Gasteiger partial charge in [-0.25, -0.2) is 0 Å². The summed E-state index contributed by atoms with van der Waals surface area (Å²) >= 11 is 7.96. The third kappa shape index (κ3) is 4.51.